The number of ketones is 1. The van der Waals surface area contributed by atoms with Gasteiger partial charge >= 0.3 is 0 Å². The smallest absolute Gasteiger partial charge is 0.230 e. The molecule has 0 radical (unpaired) electrons. The van der Waals surface area contributed by atoms with Gasteiger partial charge < -0.3 is 4.90 Å². The summed E-state index contributed by atoms with van der Waals surface area (Å²) in [4.78, 5) is 24.2. The first-order valence-electron chi connectivity index (χ1n) is 4.95. The fourth-order valence-electron chi connectivity index (χ4n) is 1.45. The Labute approximate surface area is 89.2 Å². The monoisotopic (exact) mass is 215 g/mol. The van der Waals surface area contributed by atoms with Gasteiger partial charge in [-0.25, -0.2) is 0 Å². The van der Waals surface area contributed by atoms with Gasteiger partial charge in [0.1, 0.15) is 5.78 Å². The van der Waals surface area contributed by atoms with Gasteiger partial charge in [-0.2, -0.15) is 11.8 Å². The lowest BCUT2D eigenvalue weighted by Gasteiger charge is -2.26. The summed E-state index contributed by atoms with van der Waals surface area (Å²) >= 11 is 1.81. The molecule has 0 aromatic heterocycles. The van der Waals surface area contributed by atoms with Gasteiger partial charge in [-0.3, -0.25) is 9.59 Å². The van der Waals surface area contributed by atoms with Crippen molar-refractivity contribution in [1.29, 1.82) is 0 Å². The van der Waals surface area contributed by atoms with Gasteiger partial charge in [0, 0.05) is 24.8 Å². The number of Topliss-reactive ketones (excluding diaryl/α,β-unsaturated/α-hetero) is 1. The molecule has 1 heterocycles. The molecule has 0 aromatic rings. The van der Waals surface area contributed by atoms with E-state index in [0.717, 1.165) is 13.0 Å². The summed E-state index contributed by atoms with van der Waals surface area (Å²) in [5.41, 5.74) is 0. The van der Waals surface area contributed by atoms with Gasteiger partial charge in [0.2, 0.25) is 5.91 Å². The third kappa shape index (κ3) is 3.33. The first kappa shape index (κ1) is 11.6. The largest absolute Gasteiger partial charge is 0.342 e. The number of nitrogens with zero attached hydrogens (tertiary/aromatic N) is 1. The molecular weight excluding hydrogens is 198 g/mol. The molecule has 1 rings (SSSR count). The zero-order valence-corrected chi connectivity index (χ0v) is 9.60. The summed E-state index contributed by atoms with van der Waals surface area (Å²) in [5, 5.41) is 0.584. The summed E-state index contributed by atoms with van der Waals surface area (Å²) in [5.74, 6) is 0.0960. The third-order valence-electron chi connectivity index (χ3n) is 2.57. The Balaban J connectivity index is 2.31. The minimum Gasteiger partial charge on any atom is -0.342 e. The van der Waals surface area contributed by atoms with Gasteiger partial charge in [-0.15, -0.1) is 0 Å². The van der Waals surface area contributed by atoms with Gasteiger partial charge in [0.05, 0.1) is 6.42 Å². The highest BCUT2D eigenvalue weighted by molar-refractivity contribution is 7.99. The first-order valence-corrected chi connectivity index (χ1v) is 6.24. The van der Waals surface area contributed by atoms with Crippen molar-refractivity contribution in [2.45, 2.75) is 31.4 Å². The van der Waals surface area contributed by atoms with Gasteiger partial charge in [0.15, 0.2) is 0 Å². The SMILES string of the molecule is CSC(C)CCN1CCC(=O)CC1=O. The first-order chi connectivity index (χ1) is 6.63. The van der Waals surface area contributed by atoms with Crippen LogP contribution in [-0.4, -0.2) is 41.2 Å². The molecule has 0 bridgehead atoms. The average Bonchev–Trinajstić information content (AvgIpc) is 2.16. The molecule has 1 unspecified atom stereocenters. The minimum absolute atomic E-state index is 0.00885. The van der Waals surface area contributed by atoms with Crippen LogP contribution in [0.2, 0.25) is 0 Å². The summed E-state index contributed by atoms with van der Waals surface area (Å²) < 4.78 is 0. The van der Waals surface area contributed by atoms with E-state index in [1.54, 1.807) is 0 Å². The Hall–Kier alpha value is -0.510. The van der Waals surface area contributed by atoms with Gasteiger partial charge in [0.25, 0.3) is 0 Å². The molecule has 1 aliphatic heterocycles. The second kappa shape index (κ2) is 5.39. The van der Waals surface area contributed by atoms with Crippen molar-refractivity contribution in [1.82, 2.24) is 4.90 Å². The molecule has 3 nitrogen and oxygen atoms in total. The lowest BCUT2D eigenvalue weighted by Crippen LogP contribution is -2.40. The number of thioether (sulfide) groups is 1. The van der Waals surface area contributed by atoms with E-state index in [2.05, 4.69) is 13.2 Å². The van der Waals surface area contributed by atoms with Crippen molar-refractivity contribution in [3.05, 3.63) is 0 Å². The number of likely N-dealkylation sites (tertiary alicyclic amines) is 1. The quantitative estimate of drug-likeness (QED) is 0.664. The van der Waals surface area contributed by atoms with E-state index in [1.165, 1.54) is 0 Å². The van der Waals surface area contributed by atoms with Crippen molar-refractivity contribution in [2.75, 3.05) is 19.3 Å². The maximum Gasteiger partial charge on any atom is 0.230 e. The minimum atomic E-state index is 0.00885. The fourth-order valence-corrected chi connectivity index (χ4v) is 1.79. The van der Waals surface area contributed by atoms with Crippen molar-refractivity contribution in [3.8, 4) is 0 Å². The number of hydrogen-bond donors (Lipinski definition) is 0. The van der Waals surface area contributed by atoms with Crippen molar-refractivity contribution in [3.63, 3.8) is 0 Å². The summed E-state index contributed by atoms with van der Waals surface area (Å²) in [6.45, 7) is 3.58. The van der Waals surface area contributed by atoms with Crippen LogP contribution < -0.4 is 0 Å². The van der Waals surface area contributed by atoms with E-state index in [1.807, 2.05) is 16.7 Å². The predicted molar refractivity (Wildman–Crippen MR) is 58.4 cm³/mol. The van der Waals surface area contributed by atoms with E-state index in [4.69, 9.17) is 0 Å². The van der Waals surface area contributed by atoms with Crippen LogP contribution in [0.25, 0.3) is 0 Å². The molecule has 0 aromatic carbocycles. The highest BCUT2D eigenvalue weighted by Gasteiger charge is 2.23. The topological polar surface area (TPSA) is 37.4 Å². The Morgan fingerprint density at radius 1 is 1.50 bits per heavy atom. The number of amides is 1. The van der Waals surface area contributed by atoms with E-state index in [9.17, 15) is 9.59 Å². The third-order valence-corrected chi connectivity index (χ3v) is 3.61. The predicted octanol–water partition coefficient (Wildman–Crippen LogP) is 1.32. The van der Waals surface area contributed by atoms with Crippen molar-refractivity contribution >= 4 is 23.5 Å². The van der Waals surface area contributed by atoms with Crippen LogP contribution in [0.1, 0.15) is 26.2 Å². The van der Waals surface area contributed by atoms with Crippen molar-refractivity contribution < 1.29 is 9.59 Å². The molecule has 0 aliphatic carbocycles. The number of piperidine rings is 1. The normalized spacial score (nSPS) is 20.0. The Morgan fingerprint density at radius 3 is 2.79 bits per heavy atom. The Kier molecular flexibility index (Phi) is 4.45. The van der Waals surface area contributed by atoms with E-state index < -0.39 is 0 Å². The second-order valence-corrected chi connectivity index (χ2v) is 4.96. The molecule has 1 fully saturated rings. The summed E-state index contributed by atoms with van der Waals surface area (Å²) in [6.07, 6.45) is 3.75. The zero-order chi connectivity index (χ0) is 10.6. The molecule has 80 valence electrons. The lowest BCUT2D eigenvalue weighted by atomic mass is 10.1. The molecule has 0 N–H and O–H groups in total. The Morgan fingerprint density at radius 2 is 2.21 bits per heavy atom. The van der Waals surface area contributed by atoms with E-state index >= 15 is 0 Å². The van der Waals surface area contributed by atoms with Crippen LogP contribution in [0.4, 0.5) is 0 Å². The molecule has 1 amide bonds. The highest BCUT2D eigenvalue weighted by Crippen LogP contribution is 2.13. The van der Waals surface area contributed by atoms with Crippen molar-refractivity contribution in [2.24, 2.45) is 0 Å². The molecule has 0 saturated carbocycles. The number of rotatable bonds is 4. The standard InChI is InChI=1S/C10H17NO2S/c1-8(14-2)3-5-11-6-4-9(12)7-10(11)13/h8H,3-7H2,1-2H3. The number of hydrogen-bond acceptors (Lipinski definition) is 3. The van der Waals surface area contributed by atoms with Crippen LogP contribution in [0, 0.1) is 0 Å². The van der Waals surface area contributed by atoms with Gasteiger partial charge in [-0.05, 0) is 12.7 Å². The molecule has 4 heteroatoms. The molecule has 1 atom stereocenters. The Bertz CT molecular complexity index is 230. The van der Waals surface area contributed by atoms with E-state index in [0.29, 0.717) is 18.2 Å². The molecule has 1 saturated heterocycles. The number of carbonyl (C=O) groups is 2. The maximum absolute atomic E-state index is 11.4. The van der Waals surface area contributed by atoms with Crippen LogP contribution in [0.15, 0.2) is 0 Å². The summed E-state index contributed by atoms with van der Waals surface area (Å²) in [7, 11) is 0. The lowest BCUT2D eigenvalue weighted by molar-refractivity contribution is -0.139. The molecule has 14 heavy (non-hydrogen) atoms. The molecular formula is C10H17NO2S. The molecule has 0 spiro atoms. The van der Waals surface area contributed by atoms with E-state index in [-0.39, 0.29) is 18.1 Å². The second-order valence-electron chi connectivity index (χ2n) is 3.68. The summed E-state index contributed by atoms with van der Waals surface area (Å²) in [6, 6.07) is 0. The van der Waals surface area contributed by atoms with Crippen LogP contribution in [-0.2, 0) is 9.59 Å². The average molecular weight is 215 g/mol. The fraction of sp³-hybridized carbons (Fsp3) is 0.800. The highest BCUT2D eigenvalue weighted by atomic mass is 32.2. The number of carbonyl (C=O) groups excluding carboxylic acids is 2. The molecule has 1 aliphatic rings. The van der Waals surface area contributed by atoms with Crippen LogP contribution >= 0.6 is 11.8 Å². The maximum atomic E-state index is 11.4. The zero-order valence-electron chi connectivity index (χ0n) is 8.78. The van der Waals surface area contributed by atoms with Gasteiger partial charge in [-0.1, -0.05) is 6.92 Å². The van der Waals surface area contributed by atoms with Crippen LogP contribution in [0.3, 0.4) is 0 Å². The van der Waals surface area contributed by atoms with Crippen LogP contribution in [0.5, 0.6) is 0 Å².